The predicted octanol–water partition coefficient (Wildman–Crippen LogP) is 3.30. The summed E-state index contributed by atoms with van der Waals surface area (Å²) in [6, 6.07) is 10.7. The number of hydrogen-bond acceptors (Lipinski definition) is 4. The van der Waals surface area contributed by atoms with Crippen LogP contribution in [0.4, 0.5) is 5.69 Å². The number of primary sulfonamides is 1. The summed E-state index contributed by atoms with van der Waals surface area (Å²) in [5.41, 5.74) is 5.56. The minimum absolute atomic E-state index is 0.0226. The molecule has 0 aliphatic carbocycles. The Morgan fingerprint density at radius 3 is 2.43 bits per heavy atom. The van der Waals surface area contributed by atoms with Crippen molar-refractivity contribution < 1.29 is 13.2 Å². The van der Waals surface area contributed by atoms with E-state index in [9.17, 15) is 13.2 Å². The number of amides is 1. The van der Waals surface area contributed by atoms with Gasteiger partial charge in [-0.25, -0.2) is 13.6 Å². The van der Waals surface area contributed by atoms with Crippen LogP contribution in [-0.4, -0.2) is 19.3 Å². The number of aromatic nitrogens is 1. The van der Waals surface area contributed by atoms with Crippen LogP contribution in [0.3, 0.4) is 0 Å². The molecule has 0 atom stereocenters. The maximum atomic E-state index is 12.7. The number of hydrogen-bond donors (Lipinski definition) is 2. The summed E-state index contributed by atoms with van der Waals surface area (Å²) in [4.78, 5) is 17.3. The van der Waals surface area contributed by atoms with E-state index in [-0.39, 0.29) is 17.2 Å². The van der Waals surface area contributed by atoms with Crippen LogP contribution in [0.1, 0.15) is 27.9 Å². The molecule has 0 unspecified atom stereocenters. The summed E-state index contributed by atoms with van der Waals surface area (Å²) in [7, 11) is -3.86. The number of carbonyl (C=O) groups excluding carboxylic acids is 1. The number of sulfonamides is 1. The number of aryl methyl sites for hydroxylation is 3. The molecule has 1 heterocycles. The lowest BCUT2D eigenvalue weighted by Crippen LogP contribution is -2.19. The first kappa shape index (κ1) is 20.0. The van der Waals surface area contributed by atoms with Crippen molar-refractivity contribution in [3.8, 4) is 0 Å². The van der Waals surface area contributed by atoms with Crippen molar-refractivity contribution >= 4 is 32.5 Å². The third-order valence-corrected chi connectivity index (χ3v) is 5.96. The maximum Gasteiger partial charge on any atom is 0.238 e. The molecule has 0 bridgehead atoms. The van der Waals surface area contributed by atoms with E-state index in [0.717, 1.165) is 38.9 Å². The van der Waals surface area contributed by atoms with Crippen LogP contribution in [0, 0.1) is 27.7 Å². The smallest absolute Gasteiger partial charge is 0.238 e. The summed E-state index contributed by atoms with van der Waals surface area (Å²) in [5.74, 6) is -0.239. The Balaban J connectivity index is 1.94. The molecule has 3 rings (SSSR count). The van der Waals surface area contributed by atoms with Crippen LogP contribution >= 0.6 is 0 Å². The first-order valence-electron chi connectivity index (χ1n) is 8.86. The number of pyridine rings is 1. The zero-order valence-corrected chi connectivity index (χ0v) is 17.1. The highest BCUT2D eigenvalue weighted by molar-refractivity contribution is 7.89. The molecule has 6 nitrogen and oxygen atoms in total. The third kappa shape index (κ3) is 3.90. The Morgan fingerprint density at radius 2 is 1.75 bits per heavy atom. The zero-order valence-electron chi connectivity index (χ0n) is 16.3. The van der Waals surface area contributed by atoms with E-state index in [2.05, 4.69) is 10.3 Å². The summed E-state index contributed by atoms with van der Waals surface area (Å²) in [5, 5.41) is 9.08. The lowest BCUT2D eigenvalue weighted by Gasteiger charge is -2.15. The van der Waals surface area contributed by atoms with Gasteiger partial charge < -0.3 is 5.32 Å². The quantitative estimate of drug-likeness (QED) is 0.705. The van der Waals surface area contributed by atoms with Crippen molar-refractivity contribution in [1.29, 1.82) is 0 Å². The number of nitrogens with one attached hydrogen (secondary N) is 1. The molecule has 0 radical (unpaired) electrons. The molecule has 0 aliphatic heterocycles. The number of fused-ring (bicyclic) bond motifs is 1. The van der Waals surface area contributed by atoms with Gasteiger partial charge in [0.15, 0.2) is 0 Å². The SMILES string of the molecule is Cc1cc(S(N)(=O)=O)cc(NC(=O)Cc2c(C)nc3ccccc3c2C)c1C. The molecule has 2 aromatic carbocycles. The van der Waals surface area contributed by atoms with E-state index in [1.165, 1.54) is 12.1 Å². The molecule has 0 saturated carbocycles. The molecule has 1 amide bonds. The highest BCUT2D eigenvalue weighted by Crippen LogP contribution is 2.26. The average molecular weight is 398 g/mol. The fourth-order valence-electron chi connectivity index (χ4n) is 3.31. The summed E-state index contributed by atoms with van der Waals surface area (Å²) in [6.07, 6.45) is 0.146. The van der Waals surface area contributed by atoms with Crippen LogP contribution in [0.15, 0.2) is 41.3 Å². The van der Waals surface area contributed by atoms with E-state index in [0.29, 0.717) is 5.69 Å². The lowest BCUT2D eigenvalue weighted by molar-refractivity contribution is -0.115. The van der Waals surface area contributed by atoms with E-state index < -0.39 is 10.0 Å². The van der Waals surface area contributed by atoms with Crippen LogP contribution in [0.2, 0.25) is 0 Å². The third-order valence-electron chi connectivity index (χ3n) is 5.07. The first-order chi connectivity index (χ1) is 13.1. The lowest BCUT2D eigenvalue weighted by atomic mass is 9.99. The number of rotatable bonds is 4. The monoisotopic (exact) mass is 397 g/mol. The summed E-state index contributed by atoms with van der Waals surface area (Å²) >= 11 is 0. The van der Waals surface area contributed by atoms with Crippen molar-refractivity contribution in [2.75, 3.05) is 5.32 Å². The minimum atomic E-state index is -3.86. The molecule has 0 spiro atoms. The van der Waals surface area contributed by atoms with Gasteiger partial charge in [-0.05, 0) is 68.1 Å². The van der Waals surface area contributed by atoms with Gasteiger partial charge in [0.25, 0.3) is 0 Å². The average Bonchev–Trinajstić information content (AvgIpc) is 2.61. The second-order valence-electron chi connectivity index (χ2n) is 7.00. The van der Waals surface area contributed by atoms with Gasteiger partial charge in [-0.1, -0.05) is 18.2 Å². The molecule has 3 aromatic rings. The Bertz CT molecular complexity index is 1200. The van der Waals surface area contributed by atoms with Crippen molar-refractivity contribution in [1.82, 2.24) is 4.98 Å². The van der Waals surface area contributed by atoms with Gasteiger partial charge >= 0.3 is 0 Å². The predicted molar refractivity (Wildman–Crippen MR) is 111 cm³/mol. The maximum absolute atomic E-state index is 12.7. The van der Waals surface area contributed by atoms with Gasteiger partial charge in [-0.2, -0.15) is 0 Å². The molecule has 1 aromatic heterocycles. The fraction of sp³-hybridized carbons (Fsp3) is 0.238. The fourth-order valence-corrected chi connectivity index (χ4v) is 3.93. The zero-order chi connectivity index (χ0) is 20.6. The molecule has 3 N–H and O–H groups in total. The van der Waals surface area contributed by atoms with Crippen LogP contribution in [-0.2, 0) is 21.2 Å². The Kier molecular flexibility index (Phi) is 5.23. The second-order valence-corrected chi connectivity index (χ2v) is 8.56. The van der Waals surface area contributed by atoms with Crippen LogP contribution in [0.5, 0.6) is 0 Å². The number of benzene rings is 2. The molecule has 7 heteroatoms. The Labute approximate surface area is 164 Å². The van der Waals surface area contributed by atoms with Crippen LogP contribution < -0.4 is 10.5 Å². The van der Waals surface area contributed by atoms with Crippen molar-refractivity contribution in [2.24, 2.45) is 5.14 Å². The van der Waals surface area contributed by atoms with E-state index in [1.807, 2.05) is 45.0 Å². The number of para-hydroxylation sites is 1. The van der Waals surface area contributed by atoms with Crippen molar-refractivity contribution in [3.05, 3.63) is 64.3 Å². The second kappa shape index (κ2) is 7.33. The molecule has 0 aliphatic rings. The van der Waals surface area contributed by atoms with Gasteiger partial charge in [0.1, 0.15) is 0 Å². The van der Waals surface area contributed by atoms with Gasteiger partial charge in [0.05, 0.1) is 16.8 Å². The van der Waals surface area contributed by atoms with E-state index in [1.54, 1.807) is 6.92 Å². The molecular formula is C21H23N3O3S. The Morgan fingerprint density at radius 1 is 1.07 bits per heavy atom. The van der Waals surface area contributed by atoms with Gasteiger partial charge in [-0.3, -0.25) is 9.78 Å². The number of nitrogens with two attached hydrogens (primary N) is 1. The van der Waals surface area contributed by atoms with Gasteiger partial charge in [0.2, 0.25) is 15.9 Å². The standard InChI is InChI=1S/C21H23N3O3S/c1-12-9-16(28(22,26)27)10-20(13(12)2)24-21(25)11-18-14(3)17-7-5-6-8-19(17)23-15(18)4/h5-10H,11H2,1-4H3,(H,24,25)(H2,22,26,27). The molecule has 0 fully saturated rings. The summed E-state index contributed by atoms with van der Waals surface area (Å²) in [6.45, 7) is 7.48. The van der Waals surface area contributed by atoms with Crippen LogP contribution in [0.25, 0.3) is 10.9 Å². The highest BCUT2D eigenvalue weighted by Gasteiger charge is 2.16. The molecular weight excluding hydrogens is 374 g/mol. The number of nitrogens with zero attached hydrogens (tertiary/aromatic N) is 1. The molecule has 28 heavy (non-hydrogen) atoms. The number of anilines is 1. The highest BCUT2D eigenvalue weighted by atomic mass is 32.2. The molecule has 146 valence electrons. The first-order valence-corrected chi connectivity index (χ1v) is 10.4. The van der Waals surface area contributed by atoms with Gasteiger partial charge in [-0.15, -0.1) is 0 Å². The summed E-state index contributed by atoms with van der Waals surface area (Å²) < 4.78 is 23.4. The number of carbonyl (C=O) groups is 1. The minimum Gasteiger partial charge on any atom is -0.326 e. The van der Waals surface area contributed by atoms with Gasteiger partial charge in [0, 0.05) is 16.8 Å². The molecule has 0 saturated heterocycles. The van der Waals surface area contributed by atoms with Crippen molar-refractivity contribution in [2.45, 2.75) is 39.0 Å². The largest absolute Gasteiger partial charge is 0.326 e. The topological polar surface area (TPSA) is 102 Å². The Hall–Kier alpha value is -2.77. The van der Waals surface area contributed by atoms with E-state index >= 15 is 0 Å². The van der Waals surface area contributed by atoms with E-state index in [4.69, 9.17) is 5.14 Å². The van der Waals surface area contributed by atoms with Crippen molar-refractivity contribution in [3.63, 3.8) is 0 Å². The normalized spacial score (nSPS) is 11.6.